The molecular formula is C13H10N4OS. The van der Waals surface area contributed by atoms with Gasteiger partial charge in [-0.15, -0.1) is 0 Å². The molecule has 2 aliphatic rings. The third-order valence-electron chi connectivity index (χ3n) is 3.44. The number of carbonyl (C=O) groups is 1. The first-order valence-corrected chi connectivity index (χ1v) is 6.14. The average molecular weight is 270 g/mol. The minimum absolute atomic E-state index is 0.216. The lowest BCUT2D eigenvalue weighted by Gasteiger charge is -2.19. The second-order valence-corrected chi connectivity index (χ2v) is 4.80. The van der Waals surface area contributed by atoms with E-state index in [0.717, 1.165) is 5.56 Å². The van der Waals surface area contributed by atoms with Crippen LogP contribution in [-0.2, 0) is 4.79 Å². The van der Waals surface area contributed by atoms with Gasteiger partial charge in [0.2, 0.25) is 5.91 Å². The van der Waals surface area contributed by atoms with Crippen LogP contribution in [0.2, 0.25) is 0 Å². The Hall–Kier alpha value is -2.39. The van der Waals surface area contributed by atoms with E-state index in [2.05, 4.69) is 11.4 Å². The number of nitrogens with zero attached hydrogens (tertiary/aromatic N) is 2. The van der Waals surface area contributed by atoms with Crippen LogP contribution in [0.4, 0.5) is 0 Å². The summed E-state index contributed by atoms with van der Waals surface area (Å²) in [5.74, 6) is -0.316. The van der Waals surface area contributed by atoms with Crippen LogP contribution in [0.5, 0.6) is 0 Å². The molecule has 1 amide bonds. The van der Waals surface area contributed by atoms with E-state index in [0.29, 0.717) is 5.57 Å². The number of nitriles is 1. The third-order valence-corrected chi connectivity index (χ3v) is 3.74. The summed E-state index contributed by atoms with van der Waals surface area (Å²) in [7, 11) is 0. The van der Waals surface area contributed by atoms with E-state index < -0.39 is 6.04 Å². The van der Waals surface area contributed by atoms with Crippen molar-refractivity contribution < 1.29 is 4.79 Å². The molecule has 0 radical (unpaired) electrons. The average Bonchev–Trinajstić information content (AvgIpc) is 2.87. The fourth-order valence-corrected chi connectivity index (χ4v) is 2.94. The zero-order valence-corrected chi connectivity index (χ0v) is 10.6. The molecule has 19 heavy (non-hydrogen) atoms. The van der Waals surface area contributed by atoms with E-state index in [1.165, 1.54) is 4.90 Å². The summed E-state index contributed by atoms with van der Waals surface area (Å²) in [6.07, 6.45) is 0. The van der Waals surface area contributed by atoms with Crippen LogP contribution in [0.3, 0.4) is 0 Å². The summed E-state index contributed by atoms with van der Waals surface area (Å²) in [4.78, 5) is 13.6. The van der Waals surface area contributed by atoms with Gasteiger partial charge in [-0.25, -0.2) is 0 Å². The quantitative estimate of drug-likeness (QED) is 0.729. The van der Waals surface area contributed by atoms with Crippen molar-refractivity contribution in [2.75, 3.05) is 0 Å². The lowest BCUT2D eigenvalue weighted by molar-refractivity contribution is -0.121. The molecule has 3 rings (SSSR count). The van der Waals surface area contributed by atoms with Crippen molar-refractivity contribution in [3.05, 3.63) is 47.3 Å². The molecule has 1 fully saturated rings. The molecule has 0 bridgehead atoms. The van der Waals surface area contributed by atoms with E-state index >= 15 is 0 Å². The molecule has 0 saturated carbocycles. The first-order valence-electron chi connectivity index (χ1n) is 5.74. The maximum atomic E-state index is 12.0. The molecule has 2 atom stereocenters. The van der Waals surface area contributed by atoms with Crippen molar-refractivity contribution in [3.8, 4) is 6.07 Å². The lowest BCUT2D eigenvalue weighted by Crippen LogP contribution is -2.35. The van der Waals surface area contributed by atoms with Crippen molar-refractivity contribution in [1.82, 2.24) is 10.2 Å². The number of rotatable bonds is 1. The maximum absolute atomic E-state index is 12.0. The van der Waals surface area contributed by atoms with Crippen molar-refractivity contribution in [2.24, 2.45) is 5.73 Å². The summed E-state index contributed by atoms with van der Waals surface area (Å²) in [5.41, 5.74) is 7.24. The second-order valence-electron chi connectivity index (χ2n) is 4.41. The zero-order valence-electron chi connectivity index (χ0n) is 9.83. The number of carbonyl (C=O) groups excluding carboxylic acids is 1. The highest BCUT2D eigenvalue weighted by molar-refractivity contribution is 7.80. The summed E-state index contributed by atoms with van der Waals surface area (Å²) in [5, 5.41) is 12.2. The number of nitrogens with one attached hydrogen (secondary N) is 1. The maximum Gasteiger partial charge on any atom is 0.250 e. The second kappa shape index (κ2) is 4.07. The Labute approximate surface area is 115 Å². The van der Waals surface area contributed by atoms with Gasteiger partial charge in [0.25, 0.3) is 0 Å². The molecule has 2 aliphatic heterocycles. The predicted molar refractivity (Wildman–Crippen MR) is 72.4 cm³/mol. The van der Waals surface area contributed by atoms with E-state index in [4.69, 9.17) is 18.0 Å². The molecule has 3 N–H and O–H groups in total. The highest BCUT2D eigenvalue weighted by atomic mass is 32.1. The normalized spacial score (nSPS) is 25.3. The molecular weight excluding hydrogens is 260 g/mol. The molecule has 0 aliphatic carbocycles. The third kappa shape index (κ3) is 1.52. The first-order chi connectivity index (χ1) is 9.15. The van der Waals surface area contributed by atoms with Gasteiger partial charge < -0.3 is 11.1 Å². The van der Waals surface area contributed by atoms with Gasteiger partial charge in [0.05, 0.1) is 17.6 Å². The first kappa shape index (κ1) is 11.7. The van der Waals surface area contributed by atoms with Gasteiger partial charge in [-0.1, -0.05) is 30.3 Å². The van der Waals surface area contributed by atoms with E-state index in [9.17, 15) is 10.1 Å². The summed E-state index contributed by atoms with van der Waals surface area (Å²) in [6.45, 7) is 0. The molecule has 5 nitrogen and oxygen atoms in total. The van der Waals surface area contributed by atoms with Crippen LogP contribution >= 0.6 is 12.2 Å². The topological polar surface area (TPSA) is 82.2 Å². The Kier molecular flexibility index (Phi) is 2.50. The van der Waals surface area contributed by atoms with E-state index in [-0.39, 0.29) is 22.8 Å². The molecule has 94 valence electrons. The fraction of sp³-hybridized carbons (Fsp3) is 0.154. The predicted octanol–water partition coefficient (Wildman–Crippen LogP) is 0.563. The Morgan fingerprint density at radius 1 is 1.37 bits per heavy atom. The SMILES string of the molecule is N#CC1=C(N)N2C(=S)NC(=O)C2C1c1ccccc1. The molecule has 1 saturated heterocycles. The summed E-state index contributed by atoms with van der Waals surface area (Å²) < 4.78 is 0. The lowest BCUT2D eigenvalue weighted by atomic mass is 9.87. The van der Waals surface area contributed by atoms with Crippen molar-refractivity contribution in [3.63, 3.8) is 0 Å². The van der Waals surface area contributed by atoms with Crippen LogP contribution < -0.4 is 11.1 Å². The number of hydrogen-bond acceptors (Lipinski definition) is 4. The number of fused-ring (bicyclic) bond motifs is 1. The van der Waals surface area contributed by atoms with E-state index in [1.807, 2.05) is 30.3 Å². The van der Waals surface area contributed by atoms with E-state index in [1.54, 1.807) is 0 Å². The Morgan fingerprint density at radius 2 is 2.05 bits per heavy atom. The fourth-order valence-electron chi connectivity index (χ4n) is 2.63. The number of nitrogens with two attached hydrogens (primary N) is 1. The number of amides is 1. The Morgan fingerprint density at radius 3 is 2.68 bits per heavy atom. The Balaban J connectivity index is 2.16. The summed E-state index contributed by atoms with van der Waals surface area (Å²) >= 11 is 5.09. The molecule has 2 unspecified atom stereocenters. The minimum Gasteiger partial charge on any atom is -0.384 e. The molecule has 2 heterocycles. The highest BCUT2D eigenvalue weighted by Gasteiger charge is 2.50. The number of thiocarbonyl (C=S) groups is 1. The van der Waals surface area contributed by atoms with Crippen LogP contribution in [0.25, 0.3) is 0 Å². The summed E-state index contributed by atoms with van der Waals surface area (Å²) in [6, 6.07) is 10.9. The van der Waals surface area contributed by atoms with Crippen LogP contribution in [0, 0.1) is 11.3 Å². The monoisotopic (exact) mass is 270 g/mol. The van der Waals surface area contributed by atoms with Crippen LogP contribution in [-0.4, -0.2) is 22.0 Å². The van der Waals surface area contributed by atoms with Crippen molar-refractivity contribution in [2.45, 2.75) is 12.0 Å². The highest BCUT2D eigenvalue weighted by Crippen LogP contribution is 2.41. The van der Waals surface area contributed by atoms with Gasteiger partial charge in [0.1, 0.15) is 11.9 Å². The largest absolute Gasteiger partial charge is 0.384 e. The van der Waals surface area contributed by atoms with Gasteiger partial charge in [-0.05, 0) is 17.8 Å². The van der Waals surface area contributed by atoms with Gasteiger partial charge in [0.15, 0.2) is 5.11 Å². The van der Waals surface area contributed by atoms with Crippen molar-refractivity contribution >= 4 is 23.2 Å². The minimum atomic E-state index is -0.551. The zero-order chi connectivity index (χ0) is 13.6. The molecule has 1 aromatic carbocycles. The smallest absolute Gasteiger partial charge is 0.250 e. The molecule has 0 spiro atoms. The Bertz CT molecular complexity index is 646. The van der Waals surface area contributed by atoms with Gasteiger partial charge in [-0.3, -0.25) is 9.69 Å². The number of hydrogen-bond donors (Lipinski definition) is 2. The molecule has 6 heteroatoms. The number of benzene rings is 1. The van der Waals surface area contributed by atoms with Gasteiger partial charge in [-0.2, -0.15) is 5.26 Å². The van der Waals surface area contributed by atoms with Gasteiger partial charge >= 0.3 is 0 Å². The molecule has 0 aromatic heterocycles. The van der Waals surface area contributed by atoms with Gasteiger partial charge in [0, 0.05) is 0 Å². The van der Waals surface area contributed by atoms with Crippen LogP contribution in [0.1, 0.15) is 11.5 Å². The molecule has 1 aromatic rings. The van der Waals surface area contributed by atoms with Crippen LogP contribution in [0.15, 0.2) is 41.7 Å². The van der Waals surface area contributed by atoms with Crippen molar-refractivity contribution in [1.29, 1.82) is 5.26 Å². The standard InChI is InChI=1S/C13H10N4OS/c14-6-8-9(7-4-2-1-3-5-7)10-12(18)16-13(19)17(10)11(8)15/h1-5,9-10H,15H2,(H,16,18,19).